The first-order valence-electron chi connectivity index (χ1n) is 5.10. The SMILES string of the molecule is CCC(C)(Oc1ccc(Br)cc1C=O)C(=O)O. The number of rotatable bonds is 5. The number of carboxylic acid groups (broad SMARTS) is 1. The van der Waals surface area contributed by atoms with Gasteiger partial charge in [-0.15, -0.1) is 0 Å². The molecule has 1 unspecified atom stereocenters. The summed E-state index contributed by atoms with van der Waals surface area (Å²) >= 11 is 3.23. The lowest BCUT2D eigenvalue weighted by Gasteiger charge is -2.25. The molecule has 0 fully saturated rings. The van der Waals surface area contributed by atoms with Crippen LogP contribution >= 0.6 is 15.9 Å². The number of aldehydes is 1. The Kier molecular flexibility index (Phi) is 4.28. The molecule has 4 nitrogen and oxygen atoms in total. The van der Waals surface area contributed by atoms with Gasteiger partial charge in [-0.05, 0) is 31.5 Å². The van der Waals surface area contributed by atoms with Gasteiger partial charge in [0.1, 0.15) is 5.75 Å². The van der Waals surface area contributed by atoms with Crippen molar-refractivity contribution in [2.45, 2.75) is 25.9 Å². The molecule has 0 radical (unpaired) electrons. The Morgan fingerprint density at radius 1 is 1.59 bits per heavy atom. The largest absolute Gasteiger partial charge is 0.478 e. The van der Waals surface area contributed by atoms with E-state index in [-0.39, 0.29) is 5.75 Å². The normalized spacial score (nSPS) is 13.8. The highest BCUT2D eigenvalue weighted by Gasteiger charge is 2.34. The molecule has 1 N–H and O–H groups in total. The van der Waals surface area contributed by atoms with Crippen molar-refractivity contribution in [2.75, 3.05) is 0 Å². The third-order valence-electron chi connectivity index (χ3n) is 2.56. The maximum absolute atomic E-state index is 11.1. The molecule has 0 amide bonds. The van der Waals surface area contributed by atoms with Crippen molar-refractivity contribution in [3.63, 3.8) is 0 Å². The highest BCUT2D eigenvalue weighted by atomic mass is 79.9. The van der Waals surface area contributed by atoms with Crippen molar-refractivity contribution < 1.29 is 19.4 Å². The second kappa shape index (κ2) is 5.31. The first kappa shape index (κ1) is 13.7. The molecule has 1 aromatic carbocycles. The fourth-order valence-corrected chi connectivity index (χ4v) is 1.59. The lowest BCUT2D eigenvalue weighted by molar-refractivity contribution is -0.154. The standard InChI is InChI=1S/C12H13BrO4/c1-3-12(2,11(15)16)17-10-5-4-9(13)6-8(10)7-14/h4-7H,3H2,1-2H3,(H,15,16). The van der Waals surface area contributed by atoms with Gasteiger partial charge in [0.15, 0.2) is 6.29 Å². The number of hydrogen-bond acceptors (Lipinski definition) is 3. The van der Waals surface area contributed by atoms with E-state index in [9.17, 15) is 9.59 Å². The molecule has 0 aliphatic heterocycles. The maximum Gasteiger partial charge on any atom is 0.347 e. The van der Waals surface area contributed by atoms with Gasteiger partial charge in [0.25, 0.3) is 0 Å². The Hall–Kier alpha value is -1.36. The highest BCUT2D eigenvalue weighted by molar-refractivity contribution is 9.10. The van der Waals surface area contributed by atoms with E-state index in [0.717, 1.165) is 4.47 Å². The molecule has 0 bridgehead atoms. The zero-order valence-electron chi connectivity index (χ0n) is 9.57. The molecule has 1 rings (SSSR count). The molecule has 0 aliphatic carbocycles. The van der Waals surface area contributed by atoms with E-state index in [2.05, 4.69) is 15.9 Å². The van der Waals surface area contributed by atoms with Gasteiger partial charge < -0.3 is 9.84 Å². The molecular formula is C12H13BrO4. The first-order valence-corrected chi connectivity index (χ1v) is 5.89. The van der Waals surface area contributed by atoms with Crippen molar-refractivity contribution in [1.82, 2.24) is 0 Å². The minimum absolute atomic E-state index is 0.273. The quantitative estimate of drug-likeness (QED) is 0.849. The molecule has 92 valence electrons. The van der Waals surface area contributed by atoms with E-state index < -0.39 is 11.6 Å². The smallest absolute Gasteiger partial charge is 0.347 e. The Labute approximate surface area is 108 Å². The minimum Gasteiger partial charge on any atom is -0.478 e. The van der Waals surface area contributed by atoms with Crippen LogP contribution in [0.5, 0.6) is 5.75 Å². The van der Waals surface area contributed by atoms with Crippen molar-refractivity contribution in [1.29, 1.82) is 0 Å². The molecule has 17 heavy (non-hydrogen) atoms. The third kappa shape index (κ3) is 3.06. The molecule has 0 aliphatic rings. The predicted molar refractivity (Wildman–Crippen MR) is 66.5 cm³/mol. The number of aliphatic carboxylic acids is 1. The summed E-state index contributed by atoms with van der Waals surface area (Å²) in [6, 6.07) is 4.85. The van der Waals surface area contributed by atoms with Crippen molar-refractivity contribution >= 4 is 28.2 Å². The molecule has 0 aromatic heterocycles. The number of carbonyl (C=O) groups excluding carboxylic acids is 1. The number of benzene rings is 1. The van der Waals surface area contributed by atoms with E-state index >= 15 is 0 Å². The number of halogens is 1. The van der Waals surface area contributed by atoms with Crippen LogP contribution in [0.4, 0.5) is 0 Å². The number of hydrogen-bond donors (Lipinski definition) is 1. The summed E-state index contributed by atoms with van der Waals surface area (Å²) in [6.07, 6.45) is 0.939. The van der Waals surface area contributed by atoms with Gasteiger partial charge in [-0.25, -0.2) is 4.79 Å². The summed E-state index contributed by atoms with van der Waals surface area (Å²) in [7, 11) is 0. The van der Waals surface area contributed by atoms with Gasteiger partial charge in [0.2, 0.25) is 5.60 Å². The molecule has 0 saturated carbocycles. The van der Waals surface area contributed by atoms with Crippen molar-refractivity contribution in [3.05, 3.63) is 28.2 Å². The van der Waals surface area contributed by atoms with Gasteiger partial charge in [-0.1, -0.05) is 22.9 Å². The van der Waals surface area contributed by atoms with Crippen LogP contribution in [0.1, 0.15) is 30.6 Å². The molecule has 0 heterocycles. The van der Waals surface area contributed by atoms with E-state index in [1.54, 1.807) is 25.1 Å². The topological polar surface area (TPSA) is 63.6 Å². The maximum atomic E-state index is 11.1. The van der Waals surface area contributed by atoms with E-state index in [4.69, 9.17) is 9.84 Å². The summed E-state index contributed by atoms with van der Waals surface area (Å²) in [5, 5.41) is 9.09. The van der Waals surface area contributed by atoms with E-state index in [0.29, 0.717) is 18.3 Å². The number of carboxylic acids is 1. The van der Waals surface area contributed by atoms with Crippen LogP contribution in [0, 0.1) is 0 Å². The first-order chi connectivity index (χ1) is 7.92. The van der Waals surface area contributed by atoms with E-state index in [1.165, 1.54) is 6.92 Å². The zero-order valence-corrected chi connectivity index (χ0v) is 11.2. The number of ether oxygens (including phenoxy) is 1. The summed E-state index contributed by atoms with van der Waals surface area (Å²) in [6.45, 7) is 3.19. The minimum atomic E-state index is -1.33. The second-order valence-corrected chi connectivity index (χ2v) is 4.71. The Morgan fingerprint density at radius 3 is 2.71 bits per heavy atom. The fraction of sp³-hybridized carbons (Fsp3) is 0.333. The van der Waals surface area contributed by atoms with Crippen LogP contribution in [0.2, 0.25) is 0 Å². The molecule has 1 aromatic rings. The summed E-state index contributed by atoms with van der Waals surface area (Å²) in [5.41, 5.74) is -1.01. The van der Waals surface area contributed by atoms with Gasteiger partial charge in [0.05, 0.1) is 5.56 Å². The second-order valence-electron chi connectivity index (χ2n) is 3.79. The molecule has 5 heteroatoms. The van der Waals surface area contributed by atoms with Crippen LogP contribution in [0.25, 0.3) is 0 Å². The third-order valence-corrected chi connectivity index (χ3v) is 3.05. The lowest BCUT2D eigenvalue weighted by Crippen LogP contribution is -2.40. The Morgan fingerprint density at radius 2 is 2.24 bits per heavy atom. The van der Waals surface area contributed by atoms with Crippen LogP contribution in [-0.2, 0) is 4.79 Å². The highest BCUT2D eigenvalue weighted by Crippen LogP contribution is 2.27. The molecular weight excluding hydrogens is 288 g/mol. The predicted octanol–water partition coefficient (Wildman–Crippen LogP) is 2.89. The fourth-order valence-electron chi connectivity index (χ4n) is 1.21. The van der Waals surface area contributed by atoms with Gasteiger partial charge in [0, 0.05) is 4.47 Å². The van der Waals surface area contributed by atoms with Crippen LogP contribution in [0.15, 0.2) is 22.7 Å². The lowest BCUT2D eigenvalue weighted by atomic mass is 10.0. The molecule has 1 atom stereocenters. The Balaban J connectivity index is 3.10. The molecule has 0 saturated heterocycles. The average molecular weight is 301 g/mol. The monoisotopic (exact) mass is 300 g/mol. The Bertz CT molecular complexity index is 444. The average Bonchev–Trinajstić information content (AvgIpc) is 2.30. The van der Waals surface area contributed by atoms with Crippen molar-refractivity contribution in [3.8, 4) is 5.75 Å². The summed E-state index contributed by atoms with van der Waals surface area (Å²) in [5.74, 6) is -0.783. The van der Waals surface area contributed by atoms with Crippen molar-refractivity contribution in [2.24, 2.45) is 0 Å². The van der Waals surface area contributed by atoms with Gasteiger partial charge in [-0.2, -0.15) is 0 Å². The van der Waals surface area contributed by atoms with Gasteiger partial charge >= 0.3 is 5.97 Å². The van der Waals surface area contributed by atoms with E-state index in [1.807, 2.05) is 0 Å². The van der Waals surface area contributed by atoms with Crippen LogP contribution < -0.4 is 4.74 Å². The summed E-state index contributed by atoms with van der Waals surface area (Å²) in [4.78, 5) is 22.0. The molecule has 0 spiro atoms. The number of carbonyl (C=O) groups is 2. The van der Waals surface area contributed by atoms with Gasteiger partial charge in [-0.3, -0.25) is 4.79 Å². The van der Waals surface area contributed by atoms with Crippen LogP contribution in [-0.4, -0.2) is 23.0 Å². The zero-order chi connectivity index (χ0) is 13.1. The van der Waals surface area contributed by atoms with Crippen LogP contribution in [0.3, 0.4) is 0 Å². The summed E-state index contributed by atoms with van der Waals surface area (Å²) < 4.78 is 6.17.